The van der Waals surface area contributed by atoms with Gasteiger partial charge in [0.2, 0.25) is 0 Å². The van der Waals surface area contributed by atoms with E-state index in [1.54, 1.807) is 0 Å². The first-order chi connectivity index (χ1) is 3.57. The molecule has 0 aromatic heterocycles. The lowest BCUT2D eigenvalue weighted by atomic mass is 10.1. The van der Waals surface area contributed by atoms with Gasteiger partial charge in [0.15, 0.2) is 0 Å². The van der Waals surface area contributed by atoms with Crippen molar-refractivity contribution in [1.82, 2.24) is 0 Å². The first-order valence-corrected chi connectivity index (χ1v) is 2.92. The standard InChI is InChI=1S/C6H12N2/c1-4-3-6(4,2)5(7)8/h4H,3H2,1-2H3,(H3,7,8). The van der Waals surface area contributed by atoms with Crippen LogP contribution in [0.4, 0.5) is 0 Å². The van der Waals surface area contributed by atoms with Crippen LogP contribution in [0.25, 0.3) is 0 Å². The van der Waals surface area contributed by atoms with Crippen molar-refractivity contribution in [2.45, 2.75) is 20.3 Å². The summed E-state index contributed by atoms with van der Waals surface area (Å²) in [7, 11) is 0. The van der Waals surface area contributed by atoms with E-state index in [4.69, 9.17) is 11.1 Å². The Labute approximate surface area is 49.6 Å². The molecule has 46 valence electrons. The summed E-state index contributed by atoms with van der Waals surface area (Å²) in [6.45, 7) is 4.17. The van der Waals surface area contributed by atoms with Gasteiger partial charge in [0.1, 0.15) is 0 Å². The van der Waals surface area contributed by atoms with Crippen LogP contribution in [-0.2, 0) is 0 Å². The van der Waals surface area contributed by atoms with Crippen LogP contribution in [0.3, 0.4) is 0 Å². The second-order valence-corrected chi connectivity index (χ2v) is 2.94. The van der Waals surface area contributed by atoms with Gasteiger partial charge in [-0.3, -0.25) is 5.41 Å². The first kappa shape index (κ1) is 5.60. The average Bonchev–Trinajstić information content (AvgIpc) is 2.17. The summed E-state index contributed by atoms with van der Waals surface area (Å²) in [6.07, 6.45) is 1.10. The maximum Gasteiger partial charge on any atom is 0.0968 e. The number of amidine groups is 1. The minimum atomic E-state index is 0.0694. The van der Waals surface area contributed by atoms with Crippen molar-refractivity contribution < 1.29 is 0 Å². The van der Waals surface area contributed by atoms with E-state index in [1.807, 2.05) is 6.92 Å². The number of nitrogens with one attached hydrogen (secondary N) is 1. The average molecular weight is 112 g/mol. The lowest BCUT2D eigenvalue weighted by molar-refractivity contribution is 0.697. The van der Waals surface area contributed by atoms with Crippen molar-refractivity contribution in [3.05, 3.63) is 0 Å². The van der Waals surface area contributed by atoms with Crippen LogP contribution in [0.15, 0.2) is 0 Å². The maximum absolute atomic E-state index is 7.12. The molecule has 2 atom stereocenters. The van der Waals surface area contributed by atoms with E-state index in [-0.39, 0.29) is 5.41 Å². The molecule has 0 spiro atoms. The number of rotatable bonds is 1. The Balaban J connectivity index is 2.60. The second kappa shape index (κ2) is 1.24. The molecule has 1 saturated carbocycles. The molecular weight excluding hydrogens is 100 g/mol. The zero-order valence-corrected chi connectivity index (χ0v) is 5.36. The Hall–Kier alpha value is -0.530. The predicted molar refractivity (Wildman–Crippen MR) is 33.8 cm³/mol. The monoisotopic (exact) mass is 112 g/mol. The zero-order chi connectivity index (χ0) is 6.36. The maximum atomic E-state index is 7.12. The van der Waals surface area contributed by atoms with Gasteiger partial charge in [0.05, 0.1) is 5.84 Å². The van der Waals surface area contributed by atoms with E-state index < -0.39 is 0 Å². The van der Waals surface area contributed by atoms with Crippen molar-refractivity contribution in [2.75, 3.05) is 0 Å². The molecule has 3 N–H and O–H groups in total. The predicted octanol–water partition coefficient (Wildman–Crippen LogP) is 0.968. The summed E-state index contributed by atoms with van der Waals surface area (Å²) in [4.78, 5) is 0. The minimum Gasteiger partial charge on any atom is -0.387 e. The second-order valence-electron chi connectivity index (χ2n) is 2.94. The van der Waals surface area contributed by atoms with Gasteiger partial charge in [-0.25, -0.2) is 0 Å². The van der Waals surface area contributed by atoms with Gasteiger partial charge in [-0.05, 0) is 12.3 Å². The molecular formula is C6H12N2. The molecule has 0 aromatic carbocycles. The molecule has 0 radical (unpaired) electrons. The summed E-state index contributed by atoms with van der Waals surface area (Å²) in [5.74, 6) is 0.991. The Bertz CT molecular complexity index is 130. The van der Waals surface area contributed by atoms with E-state index in [0.29, 0.717) is 11.8 Å². The van der Waals surface area contributed by atoms with Crippen molar-refractivity contribution in [2.24, 2.45) is 17.1 Å². The Morgan fingerprint density at radius 3 is 2.25 bits per heavy atom. The van der Waals surface area contributed by atoms with Crippen LogP contribution in [0.5, 0.6) is 0 Å². The van der Waals surface area contributed by atoms with Crippen LogP contribution in [0, 0.1) is 16.7 Å². The normalized spacial score (nSPS) is 44.0. The highest BCUT2D eigenvalue weighted by atomic mass is 14.8. The molecule has 8 heavy (non-hydrogen) atoms. The van der Waals surface area contributed by atoms with Crippen LogP contribution in [0.2, 0.25) is 0 Å². The Morgan fingerprint density at radius 1 is 1.88 bits per heavy atom. The van der Waals surface area contributed by atoms with Gasteiger partial charge in [0, 0.05) is 5.41 Å². The molecule has 1 fully saturated rings. The fourth-order valence-electron chi connectivity index (χ4n) is 0.953. The molecule has 0 saturated heterocycles. The van der Waals surface area contributed by atoms with Crippen LogP contribution < -0.4 is 5.73 Å². The van der Waals surface area contributed by atoms with Crippen LogP contribution in [-0.4, -0.2) is 5.84 Å². The molecule has 0 bridgehead atoms. The number of hydrogen-bond acceptors (Lipinski definition) is 1. The molecule has 1 rings (SSSR count). The third-order valence-corrected chi connectivity index (χ3v) is 2.27. The summed E-state index contributed by atoms with van der Waals surface area (Å²) in [6, 6.07) is 0. The summed E-state index contributed by atoms with van der Waals surface area (Å²) < 4.78 is 0. The van der Waals surface area contributed by atoms with E-state index in [1.165, 1.54) is 0 Å². The van der Waals surface area contributed by atoms with Gasteiger partial charge >= 0.3 is 0 Å². The highest BCUT2D eigenvalue weighted by molar-refractivity contribution is 5.86. The Morgan fingerprint density at radius 2 is 2.25 bits per heavy atom. The Kier molecular flexibility index (Phi) is 0.872. The van der Waals surface area contributed by atoms with Crippen molar-refractivity contribution in [3.8, 4) is 0 Å². The van der Waals surface area contributed by atoms with Gasteiger partial charge in [-0.15, -0.1) is 0 Å². The molecule has 1 aliphatic rings. The molecule has 2 unspecified atom stereocenters. The van der Waals surface area contributed by atoms with Gasteiger partial charge in [-0.1, -0.05) is 13.8 Å². The van der Waals surface area contributed by atoms with Crippen LogP contribution >= 0.6 is 0 Å². The molecule has 0 heterocycles. The number of nitrogens with two attached hydrogens (primary N) is 1. The zero-order valence-electron chi connectivity index (χ0n) is 5.36. The van der Waals surface area contributed by atoms with Crippen molar-refractivity contribution in [1.29, 1.82) is 5.41 Å². The lowest BCUT2D eigenvalue weighted by Gasteiger charge is -2.03. The highest BCUT2D eigenvalue weighted by Gasteiger charge is 2.49. The van der Waals surface area contributed by atoms with Crippen molar-refractivity contribution in [3.63, 3.8) is 0 Å². The molecule has 2 heteroatoms. The summed E-state index contributed by atoms with van der Waals surface area (Å²) in [5.41, 5.74) is 5.38. The molecule has 1 aliphatic carbocycles. The van der Waals surface area contributed by atoms with Crippen LogP contribution in [0.1, 0.15) is 20.3 Å². The van der Waals surface area contributed by atoms with E-state index in [2.05, 4.69) is 6.92 Å². The summed E-state index contributed by atoms with van der Waals surface area (Å²) in [5, 5.41) is 7.12. The fraction of sp³-hybridized carbons (Fsp3) is 0.833. The fourth-order valence-corrected chi connectivity index (χ4v) is 0.953. The van der Waals surface area contributed by atoms with Gasteiger partial charge < -0.3 is 5.73 Å². The number of hydrogen-bond donors (Lipinski definition) is 2. The topological polar surface area (TPSA) is 49.9 Å². The SMILES string of the molecule is CC1CC1(C)C(=N)N. The third kappa shape index (κ3) is 0.522. The van der Waals surface area contributed by atoms with E-state index >= 15 is 0 Å². The first-order valence-electron chi connectivity index (χ1n) is 2.92. The van der Waals surface area contributed by atoms with Crippen molar-refractivity contribution >= 4 is 5.84 Å². The quantitative estimate of drug-likeness (QED) is 0.385. The lowest BCUT2D eigenvalue weighted by Crippen LogP contribution is -2.22. The third-order valence-electron chi connectivity index (χ3n) is 2.27. The highest BCUT2D eigenvalue weighted by Crippen LogP contribution is 2.51. The molecule has 0 amide bonds. The summed E-state index contributed by atoms with van der Waals surface area (Å²) >= 11 is 0. The molecule has 0 aliphatic heterocycles. The molecule has 2 nitrogen and oxygen atoms in total. The van der Waals surface area contributed by atoms with Gasteiger partial charge in [-0.2, -0.15) is 0 Å². The van der Waals surface area contributed by atoms with E-state index in [0.717, 1.165) is 6.42 Å². The van der Waals surface area contributed by atoms with Gasteiger partial charge in [0.25, 0.3) is 0 Å². The van der Waals surface area contributed by atoms with E-state index in [9.17, 15) is 0 Å². The minimum absolute atomic E-state index is 0.0694. The molecule has 0 aromatic rings. The largest absolute Gasteiger partial charge is 0.387 e. The smallest absolute Gasteiger partial charge is 0.0968 e.